The van der Waals surface area contributed by atoms with Gasteiger partial charge in [0.05, 0.1) is 17.6 Å². The van der Waals surface area contributed by atoms with Gasteiger partial charge in [-0.3, -0.25) is 4.79 Å². The lowest BCUT2D eigenvalue weighted by Crippen LogP contribution is -2.22. The number of H-pyrrole nitrogens is 1. The van der Waals surface area contributed by atoms with E-state index >= 15 is 0 Å². The fraction of sp³-hybridized carbons (Fsp3) is 0.429. The molecule has 2 rings (SSSR count). The molecule has 0 saturated carbocycles. The lowest BCUT2D eigenvalue weighted by atomic mass is 9.95. The average molecular weight is 281 g/mol. The zero-order valence-corrected chi connectivity index (χ0v) is 12.0. The average Bonchev–Trinajstić information content (AvgIpc) is 2.71. The topological polar surface area (TPSA) is 55.0 Å². The highest BCUT2D eigenvalue weighted by molar-refractivity contribution is 6.31. The Kier molecular flexibility index (Phi) is 4.10. The summed E-state index contributed by atoms with van der Waals surface area (Å²) in [6, 6.07) is 5.42. The lowest BCUT2D eigenvalue weighted by Gasteiger charge is -2.16. The number of imidazole rings is 1. The Balaban J connectivity index is 2.41. The SMILES string of the molecule is CCOC(=O)C(c1nc2ccc(Cl)cc2[nH]1)C(C)C. The van der Waals surface area contributed by atoms with Crippen molar-refractivity contribution in [3.05, 3.63) is 29.0 Å². The van der Waals surface area contributed by atoms with Crippen LogP contribution >= 0.6 is 11.6 Å². The van der Waals surface area contributed by atoms with Gasteiger partial charge in [-0.1, -0.05) is 25.4 Å². The van der Waals surface area contributed by atoms with E-state index in [2.05, 4.69) is 9.97 Å². The van der Waals surface area contributed by atoms with E-state index in [1.165, 1.54) is 0 Å². The molecule has 19 heavy (non-hydrogen) atoms. The number of hydrogen-bond donors (Lipinski definition) is 1. The Morgan fingerprint density at radius 2 is 2.21 bits per heavy atom. The molecule has 0 spiro atoms. The summed E-state index contributed by atoms with van der Waals surface area (Å²) in [6.07, 6.45) is 0. The Morgan fingerprint density at radius 3 is 2.84 bits per heavy atom. The number of halogens is 1. The van der Waals surface area contributed by atoms with Gasteiger partial charge < -0.3 is 9.72 Å². The van der Waals surface area contributed by atoms with Gasteiger partial charge >= 0.3 is 5.97 Å². The molecule has 4 nitrogen and oxygen atoms in total. The number of aromatic nitrogens is 2. The number of esters is 1. The molecular weight excluding hydrogens is 264 g/mol. The molecule has 5 heteroatoms. The second kappa shape index (κ2) is 5.61. The Morgan fingerprint density at radius 1 is 1.47 bits per heavy atom. The van der Waals surface area contributed by atoms with Crippen molar-refractivity contribution < 1.29 is 9.53 Å². The first kappa shape index (κ1) is 13.9. The first-order chi connectivity index (χ1) is 9.02. The number of rotatable bonds is 4. The highest BCUT2D eigenvalue weighted by Crippen LogP contribution is 2.26. The molecule has 0 bridgehead atoms. The van der Waals surface area contributed by atoms with Crippen LogP contribution in [0.2, 0.25) is 5.02 Å². The molecule has 0 saturated heterocycles. The molecule has 2 aromatic rings. The van der Waals surface area contributed by atoms with E-state index in [9.17, 15) is 4.79 Å². The number of carbonyl (C=O) groups excluding carboxylic acids is 1. The zero-order valence-electron chi connectivity index (χ0n) is 11.2. The molecule has 0 amide bonds. The fourth-order valence-corrected chi connectivity index (χ4v) is 2.25. The highest BCUT2D eigenvalue weighted by atomic mass is 35.5. The van der Waals surface area contributed by atoms with Crippen LogP contribution < -0.4 is 0 Å². The van der Waals surface area contributed by atoms with Crippen LogP contribution in [0.3, 0.4) is 0 Å². The quantitative estimate of drug-likeness (QED) is 0.872. The van der Waals surface area contributed by atoms with Gasteiger partial charge in [0.15, 0.2) is 0 Å². The molecule has 102 valence electrons. The van der Waals surface area contributed by atoms with Gasteiger partial charge in [0, 0.05) is 5.02 Å². The second-order valence-corrected chi connectivity index (χ2v) is 5.19. The normalized spacial score (nSPS) is 12.9. The molecule has 0 aliphatic carbocycles. The zero-order chi connectivity index (χ0) is 14.0. The van der Waals surface area contributed by atoms with Gasteiger partial charge in [0.1, 0.15) is 11.7 Å². The summed E-state index contributed by atoms with van der Waals surface area (Å²) in [7, 11) is 0. The second-order valence-electron chi connectivity index (χ2n) is 4.76. The van der Waals surface area contributed by atoms with Gasteiger partial charge in [-0.25, -0.2) is 4.98 Å². The first-order valence-corrected chi connectivity index (χ1v) is 6.72. The fourth-order valence-electron chi connectivity index (χ4n) is 2.08. The van der Waals surface area contributed by atoms with Gasteiger partial charge in [-0.2, -0.15) is 0 Å². The number of nitrogens with one attached hydrogen (secondary N) is 1. The summed E-state index contributed by atoms with van der Waals surface area (Å²) in [5.41, 5.74) is 1.63. The summed E-state index contributed by atoms with van der Waals surface area (Å²) < 4.78 is 5.11. The van der Waals surface area contributed by atoms with Crippen LogP contribution in [-0.2, 0) is 9.53 Å². The van der Waals surface area contributed by atoms with Crippen LogP contribution in [0.15, 0.2) is 18.2 Å². The van der Waals surface area contributed by atoms with Crippen molar-refractivity contribution >= 4 is 28.6 Å². The van der Waals surface area contributed by atoms with Crippen LogP contribution in [0, 0.1) is 5.92 Å². The van der Waals surface area contributed by atoms with E-state index in [0.717, 1.165) is 11.0 Å². The van der Waals surface area contributed by atoms with Crippen LogP contribution in [0.25, 0.3) is 11.0 Å². The molecule has 1 aromatic carbocycles. The number of nitrogens with zero attached hydrogens (tertiary/aromatic N) is 1. The molecule has 0 radical (unpaired) electrons. The van der Waals surface area contributed by atoms with Crippen molar-refractivity contribution in [3.63, 3.8) is 0 Å². The standard InChI is InChI=1S/C14H17ClN2O2/c1-4-19-14(18)12(8(2)3)13-16-10-6-5-9(15)7-11(10)17-13/h5-8,12H,4H2,1-3H3,(H,16,17). The van der Waals surface area contributed by atoms with E-state index < -0.39 is 0 Å². The van der Waals surface area contributed by atoms with E-state index in [4.69, 9.17) is 16.3 Å². The Bertz CT molecular complexity index is 592. The van der Waals surface area contributed by atoms with Gasteiger partial charge in [0.25, 0.3) is 0 Å². The van der Waals surface area contributed by atoms with Crippen LogP contribution in [0.1, 0.15) is 32.5 Å². The summed E-state index contributed by atoms with van der Waals surface area (Å²) in [6.45, 7) is 6.12. The van der Waals surface area contributed by atoms with E-state index in [-0.39, 0.29) is 17.8 Å². The third-order valence-corrected chi connectivity index (χ3v) is 3.20. The van der Waals surface area contributed by atoms with Crippen LogP contribution in [-0.4, -0.2) is 22.5 Å². The summed E-state index contributed by atoms with van der Waals surface area (Å²) in [4.78, 5) is 19.6. The molecule has 0 aliphatic rings. The van der Waals surface area contributed by atoms with Gasteiger partial charge in [0.2, 0.25) is 0 Å². The third kappa shape index (κ3) is 2.89. The van der Waals surface area contributed by atoms with Crippen molar-refractivity contribution in [2.45, 2.75) is 26.7 Å². The molecular formula is C14H17ClN2O2. The number of fused-ring (bicyclic) bond motifs is 1. The Hall–Kier alpha value is -1.55. The van der Waals surface area contributed by atoms with E-state index in [0.29, 0.717) is 17.5 Å². The first-order valence-electron chi connectivity index (χ1n) is 6.34. The summed E-state index contributed by atoms with van der Waals surface area (Å²) in [5.74, 6) is 0.106. The minimum Gasteiger partial charge on any atom is -0.465 e. The van der Waals surface area contributed by atoms with E-state index in [1.54, 1.807) is 19.1 Å². The van der Waals surface area contributed by atoms with Crippen LogP contribution in [0.4, 0.5) is 0 Å². The predicted molar refractivity (Wildman–Crippen MR) is 75.3 cm³/mol. The highest BCUT2D eigenvalue weighted by Gasteiger charge is 2.28. The summed E-state index contributed by atoms with van der Waals surface area (Å²) >= 11 is 5.94. The number of hydrogen-bond acceptors (Lipinski definition) is 3. The van der Waals surface area contributed by atoms with E-state index in [1.807, 2.05) is 19.9 Å². The molecule has 1 heterocycles. The number of ether oxygens (including phenoxy) is 1. The Labute approximate surface area is 117 Å². The number of aromatic amines is 1. The van der Waals surface area contributed by atoms with Crippen molar-refractivity contribution in [3.8, 4) is 0 Å². The predicted octanol–water partition coefficient (Wildman–Crippen LogP) is 3.52. The number of carbonyl (C=O) groups is 1. The maximum absolute atomic E-state index is 12.0. The minimum absolute atomic E-state index is 0.107. The molecule has 1 unspecified atom stereocenters. The van der Waals surface area contributed by atoms with Crippen molar-refractivity contribution in [2.75, 3.05) is 6.61 Å². The molecule has 0 aliphatic heterocycles. The van der Waals surface area contributed by atoms with Crippen molar-refractivity contribution in [1.29, 1.82) is 0 Å². The summed E-state index contributed by atoms with van der Waals surface area (Å²) in [5, 5.41) is 0.639. The smallest absolute Gasteiger partial charge is 0.316 e. The molecule has 1 atom stereocenters. The largest absolute Gasteiger partial charge is 0.465 e. The van der Waals surface area contributed by atoms with Crippen molar-refractivity contribution in [2.24, 2.45) is 5.92 Å². The lowest BCUT2D eigenvalue weighted by molar-refractivity contribution is -0.146. The van der Waals surface area contributed by atoms with Gasteiger partial charge in [-0.05, 0) is 31.0 Å². The molecule has 0 fully saturated rings. The third-order valence-electron chi connectivity index (χ3n) is 2.96. The molecule has 1 aromatic heterocycles. The van der Waals surface area contributed by atoms with Crippen molar-refractivity contribution in [1.82, 2.24) is 9.97 Å². The monoisotopic (exact) mass is 280 g/mol. The molecule has 1 N–H and O–H groups in total. The maximum Gasteiger partial charge on any atom is 0.316 e. The van der Waals surface area contributed by atoms with Gasteiger partial charge in [-0.15, -0.1) is 0 Å². The van der Waals surface area contributed by atoms with Crippen LogP contribution in [0.5, 0.6) is 0 Å². The minimum atomic E-state index is -0.383. The number of benzene rings is 1. The maximum atomic E-state index is 12.0.